The maximum absolute atomic E-state index is 13.2. The number of non-ortho nitro benzene ring substituents is 2. The van der Waals surface area contributed by atoms with Crippen molar-refractivity contribution in [1.29, 1.82) is 0 Å². The molecule has 0 aromatic heterocycles. The first-order valence-electron chi connectivity index (χ1n) is 13.6. The topological polar surface area (TPSA) is 168 Å². The Morgan fingerprint density at radius 1 is 0.886 bits per heavy atom. The molecular formula is C30H29N3O10S. The summed E-state index contributed by atoms with van der Waals surface area (Å²) >= 11 is 1.06. The Hall–Kier alpha value is -4.82. The average molecular weight is 624 g/mol. The van der Waals surface area contributed by atoms with Crippen molar-refractivity contribution in [2.75, 3.05) is 13.2 Å². The van der Waals surface area contributed by atoms with Crippen molar-refractivity contribution < 1.29 is 38.4 Å². The summed E-state index contributed by atoms with van der Waals surface area (Å²) in [4.78, 5) is 61.4. The number of nitro benzene ring substituents is 2. The van der Waals surface area contributed by atoms with Crippen LogP contribution in [0.2, 0.25) is 0 Å². The fraction of sp³-hybridized carbons (Fsp3) is 0.300. The molecule has 4 rings (SSSR count). The van der Waals surface area contributed by atoms with Crippen LogP contribution in [-0.4, -0.2) is 57.2 Å². The van der Waals surface area contributed by atoms with Gasteiger partial charge in [0.05, 0.1) is 35.0 Å². The Morgan fingerprint density at radius 2 is 1.45 bits per heavy atom. The second-order valence-corrected chi connectivity index (χ2v) is 11.0. The Kier molecular flexibility index (Phi) is 11.0. The summed E-state index contributed by atoms with van der Waals surface area (Å²) in [7, 11) is 0. The van der Waals surface area contributed by atoms with Crippen LogP contribution in [0.25, 0.3) is 0 Å². The molecule has 0 N–H and O–H groups in total. The molecule has 1 saturated heterocycles. The largest absolute Gasteiger partial charge is 0.508 e. The lowest BCUT2D eigenvalue weighted by Crippen LogP contribution is -2.65. The van der Waals surface area contributed by atoms with Gasteiger partial charge in [-0.3, -0.25) is 29.8 Å². The van der Waals surface area contributed by atoms with Gasteiger partial charge < -0.3 is 19.1 Å². The molecule has 14 heteroatoms. The molecule has 0 radical (unpaired) electrons. The Bertz CT molecular complexity index is 1490. The van der Waals surface area contributed by atoms with Gasteiger partial charge >= 0.3 is 6.16 Å². The number of ether oxygens (including phenoxy) is 3. The molecule has 1 aliphatic heterocycles. The summed E-state index contributed by atoms with van der Waals surface area (Å²) in [5, 5.41) is 21.5. The molecule has 0 bridgehead atoms. The SMILES string of the molecule is C[C@@H](OC(=O)OCc1ccc([N+](=O)[O-])cc1)[C@H]1C(=O)N(CCOCc2ccc([N+](=O)[O-])cc2)[C@@H]1CC(=O)Sc1ccccc1. The number of nitro groups is 2. The molecule has 13 nitrogen and oxygen atoms in total. The number of β-lactam (4-membered cyclic amide) rings is 1. The van der Waals surface area contributed by atoms with E-state index in [2.05, 4.69) is 0 Å². The van der Waals surface area contributed by atoms with Crippen molar-refractivity contribution in [1.82, 2.24) is 4.90 Å². The van der Waals surface area contributed by atoms with E-state index in [1.54, 1.807) is 19.1 Å². The van der Waals surface area contributed by atoms with Gasteiger partial charge in [0.1, 0.15) is 12.7 Å². The molecule has 0 aliphatic carbocycles. The fourth-order valence-corrected chi connectivity index (χ4v) is 5.48. The van der Waals surface area contributed by atoms with Crippen LogP contribution in [0.3, 0.4) is 0 Å². The third kappa shape index (κ3) is 8.61. The van der Waals surface area contributed by atoms with Gasteiger partial charge in [-0.15, -0.1) is 0 Å². The molecule has 44 heavy (non-hydrogen) atoms. The smallest absolute Gasteiger partial charge is 0.430 e. The summed E-state index contributed by atoms with van der Waals surface area (Å²) in [6.07, 6.45) is -1.90. The zero-order valence-electron chi connectivity index (χ0n) is 23.6. The number of thioether (sulfide) groups is 1. The third-order valence-corrected chi connectivity index (χ3v) is 7.82. The standard InChI is InChI=1S/C30H29N3O10S/c1-20(43-30(36)42-19-22-9-13-24(14-10-22)33(39)40)28-26(17-27(34)44-25-5-3-2-4-6-25)31(29(28)35)15-16-41-18-21-7-11-23(12-8-21)32(37)38/h2-14,20,26,28H,15-19H2,1H3/t20-,26-,28-/m1/s1. The highest BCUT2D eigenvalue weighted by Crippen LogP contribution is 2.35. The van der Waals surface area contributed by atoms with E-state index in [9.17, 15) is 34.6 Å². The predicted octanol–water partition coefficient (Wildman–Crippen LogP) is 5.30. The van der Waals surface area contributed by atoms with E-state index in [0.29, 0.717) is 5.56 Å². The van der Waals surface area contributed by atoms with E-state index in [4.69, 9.17) is 14.2 Å². The second kappa shape index (κ2) is 15.1. The number of carbonyl (C=O) groups excluding carboxylic acids is 3. The van der Waals surface area contributed by atoms with Gasteiger partial charge in [0.15, 0.2) is 5.12 Å². The molecule has 3 atom stereocenters. The summed E-state index contributed by atoms with van der Waals surface area (Å²) in [5.74, 6) is -1.08. The molecule has 3 aromatic rings. The van der Waals surface area contributed by atoms with E-state index in [1.165, 1.54) is 41.3 Å². The van der Waals surface area contributed by atoms with Crippen molar-refractivity contribution in [2.45, 2.75) is 43.6 Å². The number of nitrogens with zero attached hydrogens (tertiary/aromatic N) is 3. The molecule has 1 fully saturated rings. The Balaban J connectivity index is 1.33. The Labute approximate surface area is 256 Å². The van der Waals surface area contributed by atoms with Gasteiger partial charge in [0, 0.05) is 42.1 Å². The van der Waals surface area contributed by atoms with Gasteiger partial charge in [-0.05, 0) is 54.4 Å². The summed E-state index contributed by atoms with van der Waals surface area (Å²) < 4.78 is 16.2. The molecular weight excluding hydrogens is 594 g/mol. The predicted molar refractivity (Wildman–Crippen MR) is 157 cm³/mol. The molecule has 230 valence electrons. The fourth-order valence-electron chi connectivity index (χ4n) is 4.67. The van der Waals surface area contributed by atoms with Gasteiger partial charge in [0.25, 0.3) is 11.4 Å². The van der Waals surface area contributed by atoms with E-state index >= 15 is 0 Å². The molecule has 1 heterocycles. The summed E-state index contributed by atoms with van der Waals surface area (Å²) in [5.41, 5.74) is 1.11. The van der Waals surface area contributed by atoms with Crippen LogP contribution >= 0.6 is 11.8 Å². The van der Waals surface area contributed by atoms with Crippen molar-refractivity contribution in [2.24, 2.45) is 5.92 Å². The minimum Gasteiger partial charge on any atom is -0.430 e. The minimum absolute atomic E-state index is 0.0177. The second-order valence-electron chi connectivity index (χ2n) is 9.88. The minimum atomic E-state index is -1.02. The average Bonchev–Trinajstić information content (AvgIpc) is 3.00. The molecule has 0 saturated carbocycles. The van der Waals surface area contributed by atoms with Gasteiger partial charge in [-0.1, -0.05) is 30.0 Å². The lowest BCUT2D eigenvalue weighted by atomic mass is 9.81. The van der Waals surface area contributed by atoms with Gasteiger partial charge in [0.2, 0.25) is 5.91 Å². The number of hydrogen-bond acceptors (Lipinski definition) is 11. The normalized spacial score (nSPS) is 16.5. The summed E-state index contributed by atoms with van der Waals surface area (Å²) in [6, 6.07) is 20.0. The summed E-state index contributed by atoms with van der Waals surface area (Å²) in [6.45, 7) is 1.89. The monoisotopic (exact) mass is 623 g/mol. The zero-order chi connectivity index (χ0) is 31.6. The Morgan fingerprint density at radius 3 is 2.02 bits per heavy atom. The quantitative estimate of drug-likeness (QED) is 0.0571. The first kappa shape index (κ1) is 32.1. The number of carbonyl (C=O) groups is 3. The van der Waals surface area contributed by atoms with Crippen LogP contribution in [0.1, 0.15) is 24.5 Å². The molecule has 1 amide bonds. The van der Waals surface area contributed by atoms with Crippen LogP contribution in [0.15, 0.2) is 83.8 Å². The maximum atomic E-state index is 13.2. The van der Waals surface area contributed by atoms with Crippen molar-refractivity contribution in [3.63, 3.8) is 0 Å². The van der Waals surface area contributed by atoms with Gasteiger partial charge in [-0.25, -0.2) is 4.79 Å². The van der Waals surface area contributed by atoms with E-state index < -0.39 is 34.1 Å². The first-order chi connectivity index (χ1) is 21.1. The number of likely N-dealkylation sites (tertiary alicyclic amines) is 1. The van der Waals surface area contributed by atoms with Crippen LogP contribution in [-0.2, 0) is 37.0 Å². The zero-order valence-corrected chi connectivity index (χ0v) is 24.4. The molecule has 3 aromatic carbocycles. The lowest BCUT2D eigenvalue weighted by Gasteiger charge is -2.48. The number of benzene rings is 3. The number of amides is 1. The highest BCUT2D eigenvalue weighted by Gasteiger charge is 2.51. The van der Waals surface area contributed by atoms with Crippen LogP contribution in [0, 0.1) is 26.1 Å². The van der Waals surface area contributed by atoms with Crippen LogP contribution < -0.4 is 0 Å². The molecule has 0 unspecified atom stereocenters. The van der Waals surface area contributed by atoms with Crippen LogP contribution in [0.5, 0.6) is 0 Å². The van der Waals surface area contributed by atoms with E-state index in [-0.39, 0.29) is 55.2 Å². The maximum Gasteiger partial charge on any atom is 0.508 e. The van der Waals surface area contributed by atoms with Crippen molar-refractivity contribution >= 4 is 40.3 Å². The highest BCUT2D eigenvalue weighted by atomic mass is 32.2. The lowest BCUT2D eigenvalue weighted by molar-refractivity contribution is -0.385. The van der Waals surface area contributed by atoms with Crippen LogP contribution in [0.4, 0.5) is 16.2 Å². The van der Waals surface area contributed by atoms with Crippen molar-refractivity contribution in [3.05, 3.63) is 110 Å². The molecule has 1 aliphatic rings. The van der Waals surface area contributed by atoms with Crippen molar-refractivity contribution in [3.8, 4) is 0 Å². The van der Waals surface area contributed by atoms with E-state index in [1.807, 2.05) is 30.3 Å². The first-order valence-corrected chi connectivity index (χ1v) is 14.4. The number of hydrogen-bond donors (Lipinski definition) is 0. The van der Waals surface area contributed by atoms with E-state index in [0.717, 1.165) is 22.2 Å². The number of rotatable bonds is 14. The molecule has 0 spiro atoms. The third-order valence-electron chi connectivity index (χ3n) is 6.92. The van der Waals surface area contributed by atoms with Gasteiger partial charge in [-0.2, -0.15) is 0 Å². The highest BCUT2D eigenvalue weighted by molar-refractivity contribution is 8.13.